The van der Waals surface area contributed by atoms with E-state index in [1.165, 1.54) is 54.6 Å². The summed E-state index contributed by atoms with van der Waals surface area (Å²) < 4.78 is 0. The quantitative estimate of drug-likeness (QED) is 0.157. The first-order chi connectivity index (χ1) is 21.5. The second-order valence-electron chi connectivity index (χ2n) is 12.2. The largest absolute Gasteiger partial charge is 0.228 e. The molecule has 0 unspecified atom stereocenters. The van der Waals surface area contributed by atoms with Gasteiger partial charge in [0.1, 0.15) is 0 Å². The molecule has 6 aromatic carbocycles. The lowest BCUT2D eigenvalue weighted by Gasteiger charge is -2.22. The monoisotopic (exact) mass is 564 g/mol. The number of nitrogens with zero attached hydrogens (tertiary/aromatic N) is 2. The molecule has 0 saturated heterocycles. The van der Waals surface area contributed by atoms with Gasteiger partial charge in [-0.2, -0.15) is 0 Å². The van der Waals surface area contributed by atoms with Crippen LogP contribution in [0.4, 0.5) is 0 Å². The van der Waals surface area contributed by atoms with Crippen molar-refractivity contribution < 1.29 is 0 Å². The molecule has 0 atom stereocenters. The molecule has 0 radical (unpaired) electrons. The van der Waals surface area contributed by atoms with Gasteiger partial charge in [-0.1, -0.05) is 124 Å². The van der Waals surface area contributed by atoms with Crippen LogP contribution in [0.15, 0.2) is 134 Å². The minimum Gasteiger partial charge on any atom is -0.228 e. The minimum atomic E-state index is -0.0448. The molecular formula is C42H32N2. The van der Waals surface area contributed by atoms with Crippen LogP contribution in [0.5, 0.6) is 0 Å². The Hall–Kier alpha value is -5.34. The van der Waals surface area contributed by atoms with Crippen molar-refractivity contribution in [2.75, 3.05) is 0 Å². The van der Waals surface area contributed by atoms with Gasteiger partial charge >= 0.3 is 0 Å². The van der Waals surface area contributed by atoms with Gasteiger partial charge in [0.05, 0.1) is 11.2 Å². The van der Waals surface area contributed by atoms with E-state index in [2.05, 4.69) is 117 Å². The number of aromatic nitrogens is 2. The summed E-state index contributed by atoms with van der Waals surface area (Å²) in [4.78, 5) is 10.1. The number of hydrogen-bond donors (Lipinski definition) is 0. The predicted molar refractivity (Wildman–Crippen MR) is 188 cm³/mol. The van der Waals surface area contributed by atoms with Gasteiger partial charge in [-0.3, -0.25) is 0 Å². The molecule has 0 spiro atoms. The number of allylic oxidation sites excluding steroid dienone is 5. The van der Waals surface area contributed by atoms with Gasteiger partial charge in [0.15, 0.2) is 5.82 Å². The maximum atomic E-state index is 5.10. The van der Waals surface area contributed by atoms with Crippen molar-refractivity contribution >= 4 is 48.8 Å². The van der Waals surface area contributed by atoms with Crippen LogP contribution >= 0.6 is 0 Å². The number of para-hydroxylation sites is 1. The summed E-state index contributed by atoms with van der Waals surface area (Å²) in [6.07, 6.45) is 7.96. The summed E-state index contributed by atoms with van der Waals surface area (Å²) in [6, 6.07) is 37.6. The van der Waals surface area contributed by atoms with Gasteiger partial charge in [-0.15, -0.1) is 0 Å². The highest BCUT2D eigenvalue weighted by atomic mass is 14.9. The van der Waals surface area contributed by atoms with Gasteiger partial charge in [0, 0.05) is 21.9 Å². The van der Waals surface area contributed by atoms with Crippen molar-refractivity contribution in [3.8, 4) is 22.5 Å². The van der Waals surface area contributed by atoms with E-state index in [-0.39, 0.29) is 5.41 Å². The van der Waals surface area contributed by atoms with Gasteiger partial charge in [0.25, 0.3) is 0 Å². The van der Waals surface area contributed by atoms with E-state index in [0.717, 1.165) is 27.7 Å². The molecule has 7 aromatic rings. The fourth-order valence-electron chi connectivity index (χ4n) is 7.09. The normalized spacial score (nSPS) is 14.1. The van der Waals surface area contributed by atoms with E-state index in [9.17, 15) is 0 Å². The summed E-state index contributed by atoms with van der Waals surface area (Å²) >= 11 is 0. The predicted octanol–water partition coefficient (Wildman–Crippen LogP) is 11.2. The van der Waals surface area contributed by atoms with Crippen molar-refractivity contribution in [3.05, 3.63) is 151 Å². The van der Waals surface area contributed by atoms with E-state index in [4.69, 9.17) is 9.97 Å². The highest BCUT2D eigenvalue weighted by molar-refractivity contribution is 6.21. The van der Waals surface area contributed by atoms with Gasteiger partial charge < -0.3 is 0 Å². The van der Waals surface area contributed by atoms with Crippen LogP contribution < -0.4 is 0 Å². The fraction of sp³-hybridized carbons (Fsp3) is 0.0952. The first-order valence-corrected chi connectivity index (χ1v) is 15.2. The van der Waals surface area contributed by atoms with E-state index in [1.54, 1.807) is 0 Å². The zero-order valence-corrected chi connectivity index (χ0v) is 25.2. The average Bonchev–Trinajstić information content (AvgIpc) is 3.28. The number of hydrogen-bond acceptors (Lipinski definition) is 2. The topological polar surface area (TPSA) is 25.8 Å². The molecule has 44 heavy (non-hydrogen) atoms. The Labute approximate surface area is 257 Å². The number of rotatable bonds is 4. The van der Waals surface area contributed by atoms with E-state index >= 15 is 0 Å². The molecule has 0 saturated carbocycles. The number of benzene rings is 6. The van der Waals surface area contributed by atoms with Gasteiger partial charge in [-0.05, 0) is 85.8 Å². The molecule has 1 aromatic heterocycles. The Balaban J connectivity index is 1.34. The van der Waals surface area contributed by atoms with E-state index in [1.807, 2.05) is 37.3 Å². The Kier molecular flexibility index (Phi) is 5.89. The molecule has 1 aliphatic rings. The zero-order chi connectivity index (χ0) is 30.0. The highest BCUT2D eigenvalue weighted by Crippen LogP contribution is 2.50. The molecule has 0 N–H and O–H groups in total. The molecule has 0 aliphatic heterocycles. The molecule has 2 nitrogen and oxygen atoms in total. The second-order valence-corrected chi connectivity index (χ2v) is 12.2. The Morgan fingerprint density at radius 1 is 0.682 bits per heavy atom. The van der Waals surface area contributed by atoms with Crippen molar-refractivity contribution in [1.29, 1.82) is 0 Å². The lowest BCUT2D eigenvalue weighted by atomic mass is 9.81. The molecule has 0 amide bonds. The molecule has 2 heteroatoms. The maximum absolute atomic E-state index is 5.10. The van der Waals surface area contributed by atoms with E-state index in [0.29, 0.717) is 5.82 Å². The summed E-state index contributed by atoms with van der Waals surface area (Å²) in [5.74, 6) is 0.712. The molecular weight excluding hydrogens is 532 g/mol. The van der Waals surface area contributed by atoms with Crippen LogP contribution in [-0.4, -0.2) is 9.97 Å². The minimum absolute atomic E-state index is 0.0448. The summed E-state index contributed by atoms with van der Waals surface area (Å²) in [5, 5.41) is 8.55. The second kappa shape index (κ2) is 9.86. The average molecular weight is 565 g/mol. The lowest BCUT2D eigenvalue weighted by Crippen LogP contribution is -2.14. The molecule has 8 rings (SSSR count). The maximum Gasteiger partial charge on any atom is 0.160 e. The van der Waals surface area contributed by atoms with Crippen LogP contribution in [0.1, 0.15) is 37.6 Å². The Bertz CT molecular complexity index is 2390. The van der Waals surface area contributed by atoms with Crippen LogP contribution in [0.2, 0.25) is 0 Å². The van der Waals surface area contributed by atoms with Crippen molar-refractivity contribution in [1.82, 2.24) is 9.97 Å². The third kappa shape index (κ3) is 3.88. The standard InChI is InChI=1S/C42H32N2/c1-5-7-12-26(6-2)40-33-14-9-11-16-38(33)43-41(44-40)30-21-22-31-28(23-30)19-17-27-18-20-29-24-35-32-13-8-10-15-36(32)42(3,4)37(35)25-34(29)39(27)31/h5-25H,2H2,1,3-4H3/b7-5-,26-12+. The van der Waals surface area contributed by atoms with Crippen molar-refractivity contribution in [2.24, 2.45) is 0 Å². The van der Waals surface area contributed by atoms with Gasteiger partial charge in [0.2, 0.25) is 0 Å². The van der Waals surface area contributed by atoms with Crippen molar-refractivity contribution in [2.45, 2.75) is 26.2 Å². The molecule has 0 bridgehead atoms. The van der Waals surface area contributed by atoms with E-state index < -0.39 is 0 Å². The molecule has 0 fully saturated rings. The first kappa shape index (κ1) is 26.3. The van der Waals surface area contributed by atoms with Crippen LogP contribution in [-0.2, 0) is 5.41 Å². The third-order valence-electron chi connectivity index (χ3n) is 9.34. The summed E-state index contributed by atoms with van der Waals surface area (Å²) in [7, 11) is 0. The Morgan fingerprint density at radius 2 is 1.43 bits per heavy atom. The molecule has 1 aliphatic carbocycles. The molecule has 1 heterocycles. The third-order valence-corrected chi connectivity index (χ3v) is 9.34. The summed E-state index contributed by atoms with van der Waals surface area (Å²) in [5.41, 5.74) is 9.24. The SMILES string of the molecule is C=C/C(=C\C=C/C)c1nc(-c2ccc3c(ccc4ccc5cc6c(cc5c43)C(C)(C)c3ccccc3-6)c2)nc2ccccc12. The highest BCUT2D eigenvalue weighted by Gasteiger charge is 2.35. The zero-order valence-electron chi connectivity index (χ0n) is 25.2. The summed E-state index contributed by atoms with van der Waals surface area (Å²) in [6.45, 7) is 10.8. The van der Waals surface area contributed by atoms with Crippen LogP contribution in [0, 0.1) is 0 Å². The lowest BCUT2D eigenvalue weighted by molar-refractivity contribution is 0.661. The molecule has 210 valence electrons. The van der Waals surface area contributed by atoms with Crippen LogP contribution in [0.3, 0.4) is 0 Å². The fourth-order valence-corrected chi connectivity index (χ4v) is 7.09. The number of fused-ring (bicyclic) bond motifs is 9. The van der Waals surface area contributed by atoms with Gasteiger partial charge in [-0.25, -0.2) is 9.97 Å². The Morgan fingerprint density at radius 3 is 2.25 bits per heavy atom. The van der Waals surface area contributed by atoms with Crippen molar-refractivity contribution in [3.63, 3.8) is 0 Å². The van der Waals surface area contributed by atoms with Crippen LogP contribution in [0.25, 0.3) is 71.3 Å². The smallest absolute Gasteiger partial charge is 0.160 e. The first-order valence-electron chi connectivity index (χ1n) is 15.2.